The van der Waals surface area contributed by atoms with Crippen molar-refractivity contribution in [3.8, 4) is 5.75 Å². The Morgan fingerprint density at radius 1 is 1.37 bits per heavy atom. The third-order valence-corrected chi connectivity index (χ3v) is 3.93. The quantitative estimate of drug-likeness (QED) is 0.870. The SMILES string of the molecule is CCNC1CC(CC(C)(C)C)Oc2cc(Br)ccc21. The van der Waals surface area contributed by atoms with Crippen molar-refractivity contribution in [2.24, 2.45) is 5.41 Å². The molecule has 1 N–H and O–H groups in total. The van der Waals surface area contributed by atoms with E-state index in [-0.39, 0.29) is 0 Å². The Kier molecular flexibility index (Phi) is 4.57. The van der Waals surface area contributed by atoms with Crippen LogP contribution in [0.2, 0.25) is 0 Å². The molecule has 0 radical (unpaired) electrons. The Morgan fingerprint density at radius 2 is 2.11 bits per heavy atom. The zero-order valence-electron chi connectivity index (χ0n) is 12.3. The van der Waals surface area contributed by atoms with Crippen molar-refractivity contribution in [1.29, 1.82) is 0 Å². The van der Waals surface area contributed by atoms with Gasteiger partial charge >= 0.3 is 0 Å². The van der Waals surface area contributed by atoms with E-state index in [0.29, 0.717) is 17.6 Å². The minimum absolute atomic E-state index is 0.297. The van der Waals surface area contributed by atoms with Crippen LogP contribution in [-0.2, 0) is 0 Å². The van der Waals surface area contributed by atoms with E-state index in [9.17, 15) is 0 Å². The van der Waals surface area contributed by atoms with Gasteiger partial charge in [0.2, 0.25) is 0 Å². The first-order valence-corrected chi connectivity index (χ1v) is 7.88. The van der Waals surface area contributed by atoms with Crippen molar-refractivity contribution in [1.82, 2.24) is 5.32 Å². The van der Waals surface area contributed by atoms with Gasteiger partial charge in [0.25, 0.3) is 0 Å². The van der Waals surface area contributed by atoms with Crippen molar-refractivity contribution in [3.63, 3.8) is 0 Å². The highest BCUT2D eigenvalue weighted by Gasteiger charge is 2.30. The summed E-state index contributed by atoms with van der Waals surface area (Å²) in [6.45, 7) is 9.97. The second-order valence-corrected chi connectivity index (χ2v) is 7.45. The molecule has 0 fully saturated rings. The number of nitrogens with one attached hydrogen (secondary N) is 1. The standard InChI is InChI=1S/C16H24BrNO/c1-5-18-14-9-12(10-16(2,3)4)19-15-8-11(17)6-7-13(14)15/h6-8,12,14,18H,5,9-10H2,1-4H3. The summed E-state index contributed by atoms with van der Waals surface area (Å²) in [7, 11) is 0. The van der Waals surface area contributed by atoms with Gasteiger partial charge in [0.05, 0.1) is 0 Å². The molecule has 0 saturated heterocycles. The molecule has 1 aromatic rings. The van der Waals surface area contributed by atoms with Gasteiger partial charge in [-0.1, -0.05) is 49.7 Å². The lowest BCUT2D eigenvalue weighted by atomic mass is 9.85. The summed E-state index contributed by atoms with van der Waals surface area (Å²) in [6.07, 6.45) is 2.44. The molecular weight excluding hydrogens is 302 g/mol. The summed E-state index contributed by atoms with van der Waals surface area (Å²) in [5, 5.41) is 3.58. The van der Waals surface area contributed by atoms with Crippen LogP contribution in [0.1, 0.15) is 52.1 Å². The molecule has 2 unspecified atom stereocenters. The number of rotatable bonds is 3. The van der Waals surface area contributed by atoms with Crippen molar-refractivity contribution >= 4 is 15.9 Å². The van der Waals surface area contributed by atoms with Gasteiger partial charge in [-0.05, 0) is 30.5 Å². The second-order valence-electron chi connectivity index (χ2n) is 6.53. The molecule has 3 heteroatoms. The molecule has 1 aliphatic heterocycles. The van der Waals surface area contributed by atoms with E-state index >= 15 is 0 Å². The summed E-state index contributed by atoms with van der Waals surface area (Å²) in [5.74, 6) is 1.03. The molecule has 0 spiro atoms. The van der Waals surface area contributed by atoms with E-state index in [0.717, 1.165) is 29.6 Å². The molecule has 2 nitrogen and oxygen atoms in total. The van der Waals surface area contributed by atoms with Crippen LogP contribution in [0.25, 0.3) is 0 Å². The smallest absolute Gasteiger partial charge is 0.125 e. The van der Waals surface area contributed by atoms with Gasteiger partial charge in [-0.25, -0.2) is 0 Å². The Morgan fingerprint density at radius 3 is 2.74 bits per heavy atom. The van der Waals surface area contributed by atoms with Crippen LogP contribution < -0.4 is 10.1 Å². The first-order valence-electron chi connectivity index (χ1n) is 7.08. The Labute approximate surface area is 125 Å². The number of benzene rings is 1. The van der Waals surface area contributed by atoms with Crippen molar-refractivity contribution in [2.75, 3.05) is 6.54 Å². The molecule has 106 valence electrons. The predicted octanol–water partition coefficient (Wildman–Crippen LogP) is 4.69. The van der Waals surface area contributed by atoms with E-state index < -0.39 is 0 Å². The number of halogens is 1. The van der Waals surface area contributed by atoms with Gasteiger partial charge in [-0.2, -0.15) is 0 Å². The molecule has 19 heavy (non-hydrogen) atoms. The minimum atomic E-state index is 0.297. The number of hydrogen-bond acceptors (Lipinski definition) is 2. The predicted molar refractivity (Wildman–Crippen MR) is 83.7 cm³/mol. The van der Waals surface area contributed by atoms with E-state index in [1.54, 1.807) is 0 Å². The number of hydrogen-bond donors (Lipinski definition) is 1. The fourth-order valence-corrected chi connectivity index (χ4v) is 3.10. The monoisotopic (exact) mass is 325 g/mol. The normalized spacial score (nSPS) is 22.8. The molecule has 0 saturated carbocycles. The Bertz CT molecular complexity index is 439. The van der Waals surface area contributed by atoms with Gasteiger partial charge in [0.15, 0.2) is 0 Å². The molecule has 1 aromatic carbocycles. The summed E-state index contributed by atoms with van der Waals surface area (Å²) >= 11 is 3.53. The summed E-state index contributed by atoms with van der Waals surface area (Å²) in [5.41, 5.74) is 1.58. The highest BCUT2D eigenvalue weighted by Crippen LogP contribution is 2.39. The molecule has 0 aliphatic carbocycles. The summed E-state index contributed by atoms with van der Waals surface area (Å²) in [4.78, 5) is 0. The third-order valence-electron chi connectivity index (χ3n) is 3.43. The average Bonchev–Trinajstić information content (AvgIpc) is 2.26. The first-order chi connectivity index (χ1) is 8.89. The topological polar surface area (TPSA) is 21.3 Å². The molecule has 1 heterocycles. The molecule has 0 amide bonds. The van der Waals surface area contributed by atoms with E-state index in [2.05, 4.69) is 67.1 Å². The van der Waals surface area contributed by atoms with Crippen molar-refractivity contribution in [2.45, 2.75) is 52.7 Å². The lowest BCUT2D eigenvalue weighted by Crippen LogP contribution is -2.35. The van der Waals surface area contributed by atoms with Crippen LogP contribution in [0.4, 0.5) is 0 Å². The molecular formula is C16H24BrNO. The highest BCUT2D eigenvalue weighted by atomic mass is 79.9. The molecule has 1 aliphatic rings. The fraction of sp³-hybridized carbons (Fsp3) is 0.625. The zero-order valence-corrected chi connectivity index (χ0v) is 13.9. The van der Waals surface area contributed by atoms with E-state index in [1.165, 1.54) is 5.56 Å². The molecule has 0 bridgehead atoms. The number of fused-ring (bicyclic) bond motifs is 1. The molecule has 2 rings (SSSR count). The van der Waals surface area contributed by atoms with E-state index in [1.807, 2.05) is 0 Å². The average molecular weight is 326 g/mol. The maximum absolute atomic E-state index is 6.20. The van der Waals surface area contributed by atoms with Gasteiger partial charge in [0.1, 0.15) is 11.9 Å². The van der Waals surface area contributed by atoms with Crippen LogP contribution in [0.3, 0.4) is 0 Å². The van der Waals surface area contributed by atoms with Crippen LogP contribution >= 0.6 is 15.9 Å². The first kappa shape index (κ1) is 14.9. The van der Waals surface area contributed by atoms with Gasteiger partial charge in [-0.3, -0.25) is 0 Å². The van der Waals surface area contributed by atoms with E-state index in [4.69, 9.17) is 4.74 Å². The van der Waals surface area contributed by atoms with Crippen LogP contribution in [0.5, 0.6) is 5.75 Å². The largest absolute Gasteiger partial charge is 0.490 e. The fourth-order valence-electron chi connectivity index (χ4n) is 2.76. The Hall–Kier alpha value is -0.540. The maximum atomic E-state index is 6.20. The minimum Gasteiger partial charge on any atom is -0.490 e. The lowest BCUT2D eigenvalue weighted by molar-refractivity contribution is 0.105. The highest BCUT2D eigenvalue weighted by molar-refractivity contribution is 9.10. The number of ether oxygens (including phenoxy) is 1. The van der Waals surface area contributed by atoms with Crippen molar-refractivity contribution < 1.29 is 4.74 Å². The second kappa shape index (κ2) is 5.84. The Balaban J connectivity index is 2.23. The summed E-state index contributed by atoms with van der Waals surface area (Å²) < 4.78 is 7.28. The summed E-state index contributed by atoms with van der Waals surface area (Å²) in [6, 6.07) is 6.76. The van der Waals surface area contributed by atoms with Crippen molar-refractivity contribution in [3.05, 3.63) is 28.2 Å². The maximum Gasteiger partial charge on any atom is 0.125 e. The third kappa shape index (κ3) is 3.96. The molecule has 0 aromatic heterocycles. The van der Waals surface area contributed by atoms with Gasteiger partial charge in [0, 0.05) is 22.5 Å². The lowest BCUT2D eigenvalue weighted by Gasteiger charge is -2.35. The zero-order chi connectivity index (χ0) is 14.0. The molecule has 2 atom stereocenters. The van der Waals surface area contributed by atoms with Crippen LogP contribution in [0.15, 0.2) is 22.7 Å². The van der Waals surface area contributed by atoms with Gasteiger partial charge in [-0.15, -0.1) is 0 Å². The van der Waals surface area contributed by atoms with Crippen LogP contribution in [0, 0.1) is 5.41 Å². The van der Waals surface area contributed by atoms with Crippen LogP contribution in [-0.4, -0.2) is 12.6 Å². The van der Waals surface area contributed by atoms with Gasteiger partial charge < -0.3 is 10.1 Å².